The van der Waals surface area contributed by atoms with Gasteiger partial charge in [0, 0.05) is 12.5 Å². The van der Waals surface area contributed by atoms with Crippen LogP contribution >= 0.6 is 11.6 Å². The molecule has 0 radical (unpaired) electrons. The van der Waals surface area contributed by atoms with Crippen LogP contribution in [0.2, 0.25) is 5.02 Å². The van der Waals surface area contributed by atoms with Gasteiger partial charge in [-0.2, -0.15) is 0 Å². The SMILES string of the molecule is COc1cc(N)c(Cl)cc1C(=O)CCCCN1CCC(C)(C)CC1. The average molecular weight is 353 g/mol. The largest absolute Gasteiger partial charge is 0.496 e. The smallest absolute Gasteiger partial charge is 0.166 e. The number of carbonyl (C=O) groups excluding carboxylic acids is 1. The van der Waals surface area contributed by atoms with Crippen LogP contribution < -0.4 is 10.5 Å². The number of anilines is 1. The van der Waals surface area contributed by atoms with Gasteiger partial charge in [-0.25, -0.2) is 0 Å². The lowest BCUT2D eigenvalue weighted by Gasteiger charge is -2.36. The second-order valence-electron chi connectivity index (χ2n) is 7.46. The first-order chi connectivity index (χ1) is 11.3. The van der Waals surface area contributed by atoms with Crippen molar-refractivity contribution >= 4 is 23.1 Å². The van der Waals surface area contributed by atoms with Gasteiger partial charge >= 0.3 is 0 Å². The molecule has 1 fully saturated rings. The zero-order valence-corrected chi connectivity index (χ0v) is 15.8. The first-order valence-electron chi connectivity index (χ1n) is 8.71. The standard InChI is InChI=1S/C19H29ClN2O2/c1-19(2)7-10-22(11-8-19)9-5-4-6-17(23)14-12-15(20)16(21)13-18(14)24-3/h12-13H,4-11,21H2,1-3H3. The van der Waals surface area contributed by atoms with E-state index in [1.807, 2.05) is 0 Å². The predicted octanol–water partition coefficient (Wildman–Crippen LogP) is 4.41. The summed E-state index contributed by atoms with van der Waals surface area (Å²) >= 11 is 6.03. The predicted molar refractivity (Wildman–Crippen MR) is 100 cm³/mol. The third-order valence-corrected chi connectivity index (χ3v) is 5.28. The van der Waals surface area contributed by atoms with Crippen molar-refractivity contribution in [2.75, 3.05) is 32.5 Å². The highest BCUT2D eigenvalue weighted by atomic mass is 35.5. The summed E-state index contributed by atoms with van der Waals surface area (Å²) in [5, 5.41) is 0.398. The maximum atomic E-state index is 12.4. The van der Waals surface area contributed by atoms with E-state index in [0.717, 1.165) is 19.4 Å². The molecular formula is C19H29ClN2O2. The molecule has 0 atom stereocenters. The van der Waals surface area contributed by atoms with Gasteiger partial charge in [-0.1, -0.05) is 25.4 Å². The summed E-state index contributed by atoms with van der Waals surface area (Å²) in [7, 11) is 1.54. The second-order valence-corrected chi connectivity index (χ2v) is 7.87. The zero-order valence-electron chi connectivity index (χ0n) is 15.0. The summed E-state index contributed by atoms with van der Waals surface area (Å²) in [6, 6.07) is 3.23. The number of likely N-dealkylation sites (tertiary alicyclic amines) is 1. The molecule has 134 valence electrons. The van der Waals surface area contributed by atoms with Crippen LogP contribution in [0.3, 0.4) is 0 Å². The number of piperidine rings is 1. The highest BCUT2D eigenvalue weighted by Crippen LogP contribution is 2.31. The number of ether oxygens (including phenoxy) is 1. The van der Waals surface area contributed by atoms with Crippen molar-refractivity contribution in [2.24, 2.45) is 5.41 Å². The summed E-state index contributed by atoms with van der Waals surface area (Å²) < 4.78 is 5.26. The zero-order chi connectivity index (χ0) is 17.7. The third-order valence-electron chi connectivity index (χ3n) is 4.96. The van der Waals surface area contributed by atoms with Crippen LogP contribution in [0.15, 0.2) is 12.1 Å². The number of hydrogen-bond acceptors (Lipinski definition) is 4. The van der Waals surface area contributed by atoms with Crippen LogP contribution in [-0.4, -0.2) is 37.4 Å². The van der Waals surface area contributed by atoms with Gasteiger partial charge < -0.3 is 15.4 Å². The van der Waals surface area contributed by atoms with Crippen LogP contribution in [-0.2, 0) is 0 Å². The van der Waals surface area contributed by atoms with E-state index in [1.165, 1.54) is 33.0 Å². The molecule has 5 heteroatoms. The van der Waals surface area contributed by atoms with Gasteiger partial charge in [0.1, 0.15) is 5.75 Å². The lowest BCUT2D eigenvalue weighted by molar-refractivity contribution is 0.0971. The summed E-state index contributed by atoms with van der Waals surface area (Å²) in [6.07, 6.45) is 4.94. The molecule has 0 unspecified atom stereocenters. The lowest BCUT2D eigenvalue weighted by atomic mass is 9.82. The monoisotopic (exact) mass is 352 g/mol. The summed E-state index contributed by atoms with van der Waals surface area (Å²) in [5.41, 5.74) is 7.20. The third kappa shape index (κ3) is 5.12. The molecule has 1 aliphatic heterocycles. The molecule has 0 bridgehead atoms. The van der Waals surface area contributed by atoms with Gasteiger partial charge in [-0.15, -0.1) is 0 Å². The summed E-state index contributed by atoms with van der Waals surface area (Å²) in [6.45, 7) is 8.09. The molecule has 1 aliphatic rings. The topological polar surface area (TPSA) is 55.6 Å². The van der Waals surface area contributed by atoms with E-state index in [-0.39, 0.29) is 5.78 Å². The molecule has 24 heavy (non-hydrogen) atoms. The number of rotatable bonds is 7. The van der Waals surface area contributed by atoms with Crippen molar-refractivity contribution < 1.29 is 9.53 Å². The van der Waals surface area contributed by atoms with E-state index < -0.39 is 0 Å². The Hall–Kier alpha value is -1.26. The van der Waals surface area contributed by atoms with Gasteiger partial charge in [-0.3, -0.25) is 4.79 Å². The molecule has 0 aliphatic carbocycles. The minimum absolute atomic E-state index is 0.0635. The number of ketones is 1. The van der Waals surface area contributed by atoms with Crippen LogP contribution in [0, 0.1) is 5.41 Å². The van der Waals surface area contributed by atoms with E-state index in [1.54, 1.807) is 12.1 Å². The highest BCUT2D eigenvalue weighted by Gasteiger charge is 2.24. The molecule has 0 spiro atoms. The Labute approximate surface area is 150 Å². The Kier molecular flexibility index (Phi) is 6.53. The molecule has 1 saturated heterocycles. The number of hydrogen-bond donors (Lipinski definition) is 1. The number of nitrogens with two attached hydrogens (primary N) is 1. The summed E-state index contributed by atoms with van der Waals surface area (Å²) in [5.74, 6) is 0.564. The first kappa shape index (κ1) is 19.1. The fraction of sp³-hybridized carbons (Fsp3) is 0.632. The van der Waals surface area contributed by atoms with Crippen LogP contribution in [0.1, 0.15) is 56.3 Å². The normalized spacial score (nSPS) is 17.7. The molecule has 1 heterocycles. The number of carbonyl (C=O) groups is 1. The molecule has 0 aromatic heterocycles. The van der Waals surface area contributed by atoms with E-state index in [9.17, 15) is 4.79 Å². The van der Waals surface area contributed by atoms with Crippen LogP contribution in [0.25, 0.3) is 0 Å². The van der Waals surface area contributed by atoms with Gasteiger partial charge in [0.25, 0.3) is 0 Å². The fourth-order valence-electron chi connectivity index (χ4n) is 3.09. The minimum Gasteiger partial charge on any atom is -0.496 e. The molecule has 0 saturated carbocycles. The molecule has 1 aromatic carbocycles. The molecular weight excluding hydrogens is 324 g/mol. The summed E-state index contributed by atoms with van der Waals surface area (Å²) in [4.78, 5) is 14.9. The van der Waals surface area contributed by atoms with Crippen molar-refractivity contribution in [1.82, 2.24) is 4.90 Å². The van der Waals surface area contributed by atoms with Crippen LogP contribution in [0.5, 0.6) is 5.75 Å². The van der Waals surface area contributed by atoms with E-state index >= 15 is 0 Å². The number of unbranched alkanes of at least 4 members (excludes halogenated alkanes) is 1. The maximum absolute atomic E-state index is 12.4. The van der Waals surface area contributed by atoms with Gasteiger partial charge in [-0.05, 0) is 56.8 Å². The quantitative estimate of drug-likeness (QED) is 0.448. The fourth-order valence-corrected chi connectivity index (χ4v) is 3.26. The Morgan fingerprint density at radius 3 is 2.58 bits per heavy atom. The molecule has 2 rings (SSSR count). The molecule has 0 amide bonds. The van der Waals surface area contributed by atoms with Crippen molar-refractivity contribution in [3.63, 3.8) is 0 Å². The van der Waals surface area contributed by atoms with E-state index in [2.05, 4.69) is 18.7 Å². The Morgan fingerprint density at radius 1 is 1.29 bits per heavy atom. The van der Waals surface area contributed by atoms with Crippen molar-refractivity contribution in [1.29, 1.82) is 0 Å². The number of nitrogens with zero attached hydrogens (tertiary/aromatic N) is 1. The van der Waals surface area contributed by atoms with Crippen molar-refractivity contribution in [2.45, 2.75) is 46.0 Å². The Balaban J connectivity index is 1.79. The molecule has 1 aromatic rings. The number of nitrogen functional groups attached to an aromatic ring is 1. The Morgan fingerprint density at radius 2 is 1.96 bits per heavy atom. The van der Waals surface area contributed by atoms with Gasteiger partial charge in [0.05, 0.1) is 23.4 Å². The lowest BCUT2D eigenvalue weighted by Crippen LogP contribution is -2.37. The molecule has 4 nitrogen and oxygen atoms in total. The second kappa shape index (κ2) is 8.21. The number of methoxy groups -OCH3 is 1. The Bertz CT molecular complexity index is 577. The van der Waals surface area contributed by atoms with Crippen molar-refractivity contribution in [3.8, 4) is 5.75 Å². The average Bonchev–Trinajstić information content (AvgIpc) is 2.54. The van der Waals surface area contributed by atoms with E-state index in [0.29, 0.717) is 33.9 Å². The van der Waals surface area contributed by atoms with E-state index in [4.69, 9.17) is 22.1 Å². The van der Waals surface area contributed by atoms with Gasteiger partial charge in [0.15, 0.2) is 5.78 Å². The number of Topliss-reactive ketones (excluding diaryl/α,β-unsaturated/α-hetero) is 1. The number of halogens is 1. The van der Waals surface area contributed by atoms with Crippen molar-refractivity contribution in [3.05, 3.63) is 22.7 Å². The maximum Gasteiger partial charge on any atom is 0.166 e. The van der Waals surface area contributed by atoms with Gasteiger partial charge in [0.2, 0.25) is 0 Å². The first-order valence-corrected chi connectivity index (χ1v) is 9.09. The molecule has 2 N–H and O–H groups in total. The highest BCUT2D eigenvalue weighted by molar-refractivity contribution is 6.33. The number of benzene rings is 1. The minimum atomic E-state index is 0.0635. The van der Waals surface area contributed by atoms with Crippen LogP contribution in [0.4, 0.5) is 5.69 Å².